The van der Waals surface area contributed by atoms with Gasteiger partial charge in [0.2, 0.25) is 0 Å². The van der Waals surface area contributed by atoms with Crippen LogP contribution in [0.3, 0.4) is 0 Å². The number of rotatable bonds is 4. The number of aliphatic hydroxyl groups is 1. The van der Waals surface area contributed by atoms with E-state index in [0.29, 0.717) is 0 Å². The van der Waals surface area contributed by atoms with E-state index in [1.54, 1.807) is 12.1 Å². The topological polar surface area (TPSA) is 49.7 Å². The smallest absolute Gasteiger partial charge is 0.130 e. The molecule has 2 aromatic rings. The lowest BCUT2D eigenvalue weighted by molar-refractivity contribution is 0.216. The first-order valence-corrected chi connectivity index (χ1v) is 7.38. The molecule has 3 nitrogen and oxygen atoms in total. The SMILES string of the molecule is CC1c2cc(CCCO)ccc2OC1c1ccc(O)cc1. The highest BCUT2D eigenvalue weighted by molar-refractivity contribution is 5.45. The molecule has 2 atom stereocenters. The summed E-state index contributed by atoms with van der Waals surface area (Å²) >= 11 is 0. The van der Waals surface area contributed by atoms with Crippen LogP contribution in [0.15, 0.2) is 42.5 Å². The molecule has 0 fully saturated rings. The first-order valence-electron chi connectivity index (χ1n) is 7.38. The Hall–Kier alpha value is -2.00. The summed E-state index contributed by atoms with van der Waals surface area (Å²) < 4.78 is 6.07. The van der Waals surface area contributed by atoms with E-state index in [4.69, 9.17) is 9.84 Å². The first-order chi connectivity index (χ1) is 10.2. The third kappa shape index (κ3) is 2.74. The maximum Gasteiger partial charge on any atom is 0.130 e. The second kappa shape index (κ2) is 5.78. The Morgan fingerprint density at radius 2 is 1.86 bits per heavy atom. The quantitative estimate of drug-likeness (QED) is 0.902. The number of hydrogen-bond donors (Lipinski definition) is 2. The number of ether oxygens (including phenoxy) is 1. The maximum atomic E-state index is 9.40. The molecule has 0 aliphatic carbocycles. The Bertz CT molecular complexity index is 619. The van der Waals surface area contributed by atoms with Gasteiger partial charge in [0, 0.05) is 18.1 Å². The largest absolute Gasteiger partial charge is 0.508 e. The number of aryl methyl sites for hydroxylation is 1. The minimum atomic E-state index is -0.00584. The van der Waals surface area contributed by atoms with Gasteiger partial charge < -0.3 is 14.9 Å². The van der Waals surface area contributed by atoms with Crippen LogP contribution in [-0.2, 0) is 6.42 Å². The monoisotopic (exact) mass is 284 g/mol. The minimum Gasteiger partial charge on any atom is -0.508 e. The molecule has 110 valence electrons. The third-order valence-electron chi connectivity index (χ3n) is 4.12. The molecule has 0 bridgehead atoms. The summed E-state index contributed by atoms with van der Waals surface area (Å²) in [4.78, 5) is 0. The van der Waals surface area contributed by atoms with E-state index in [1.165, 1.54) is 11.1 Å². The van der Waals surface area contributed by atoms with Crippen molar-refractivity contribution in [2.24, 2.45) is 0 Å². The Balaban J connectivity index is 1.84. The molecule has 1 heterocycles. The first kappa shape index (κ1) is 14.0. The van der Waals surface area contributed by atoms with Crippen molar-refractivity contribution in [3.63, 3.8) is 0 Å². The molecule has 0 radical (unpaired) electrons. The Labute approximate surface area is 124 Å². The third-order valence-corrected chi connectivity index (χ3v) is 4.12. The van der Waals surface area contributed by atoms with Crippen molar-refractivity contribution >= 4 is 0 Å². The van der Waals surface area contributed by atoms with Gasteiger partial charge in [-0.15, -0.1) is 0 Å². The summed E-state index contributed by atoms with van der Waals surface area (Å²) in [6, 6.07) is 13.5. The summed E-state index contributed by atoms with van der Waals surface area (Å²) in [5.41, 5.74) is 3.54. The number of benzene rings is 2. The van der Waals surface area contributed by atoms with Crippen LogP contribution in [-0.4, -0.2) is 16.8 Å². The normalized spacial score (nSPS) is 20.1. The van der Waals surface area contributed by atoms with Crippen LogP contribution in [0.25, 0.3) is 0 Å². The molecule has 1 aliphatic heterocycles. The molecule has 0 saturated heterocycles. The summed E-state index contributed by atoms with van der Waals surface area (Å²) in [6.07, 6.45) is 1.67. The summed E-state index contributed by atoms with van der Waals surface area (Å²) in [5, 5.41) is 18.3. The van der Waals surface area contributed by atoms with Crippen LogP contribution < -0.4 is 4.74 Å². The van der Waals surface area contributed by atoms with Crippen molar-refractivity contribution in [3.8, 4) is 11.5 Å². The number of aliphatic hydroxyl groups excluding tert-OH is 1. The van der Waals surface area contributed by atoms with Gasteiger partial charge in [-0.05, 0) is 42.2 Å². The zero-order valence-corrected chi connectivity index (χ0v) is 12.1. The average Bonchev–Trinajstić information content (AvgIpc) is 2.83. The van der Waals surface area contributed by atoms with E-state index in [-0.39, 0.29) is 24.4 Å². The van der Waals surface area contributed by atoms with Gasteiger partial charge in [0.1, 0.15) is 17.6 Å². The number of fused-ring (bicyclic) bond motifs is 1. The standard InChI is InChI=1S/C18H20O3/c1-12-16-11-13(3-2-10-19)4-9-17(16)21-18(12)14-5-7-15(20)8-6-14/h4-9,11-12,18-20H,2-3,10H2,1H3. The van der Waals surface area contributed by atoms with Gasteiger partial charge in [-0.1, -0.05) is 31.2 Å². The molecule has 2 unspecified atom stereocenters. The molecule has 21 heavy (non-hydrogen) atoms. The van der Waals surface area contributed by atoms with Gasteiger partial charge in [0.15, 0.2) is 0 Å². The number of hydrogen-bond acceptors (Lipinski definition) is 3. The molecule has 3 rings (SSSR count). The summed E-state index contributed by atoms with van der Waals surface area (Å²) in [7, 11) is 0. The summed E-state index contributed by atoms with van der Waals surface area (Å²) in [5.74, 6) is 1.49. The predicted molar refractivity (Wildman–Crippen MR) is 81.7 cm³/mol. The Kier molecular flexibility index (Phi) is 3.84. The highest BCUT2D eigenvalue weighted by atomic mass is 16.5. The van der Waals surface area contributed by atoms with Crippen molar-refractivity contribution in [2.75, 3.05) is 6.61 Å². The van der Waals surface area contributed by atoms with Gasteiger partial charge in [-0.3, -0.25) is 0 Å². The fourth-order valence-electron chi connectivity index (χ4n) is 2.92. The maximum absolute atomic E-state index is 9.40. The zero-order valence-electron chi connectivity index (χ0n) is 12.1. The number of phenols is 1. The van der Waals surface area contributed by atoms with Crippen molar-refractivity contribution in [2.45, 2.75) is 31.8 Å². The van der Waals surface area contributed by atoms with Gasteiger partial charge >= 0.3 is 0 Å². The van der Waals surface area contributed by atoms with Crippen molar-refractivity contribution in [3.05, 3.63) is 59.2 Å². The van der Waals surface area contributed by atoms with Crippen molar-refractivity contribution < 1.29 is 14.9 Å². The zero-order chi connectivity index (χ0) is 14.8. The second-order valence-electron chi connectivity index (χ2n) is 5.62. The predicted octanol–water partition coefficient (Wildman–Crippen LogP) is 3.55. The van der Waals surface area contributed by atoms with E-state index in [2.05, 4.69) is 19.1 Å². The van der Waals surface area contributed by atoms with Crippen molar-refractivity contribution in [1.82, 2.24) is 0 Å². The molecule has 0 aromatic heterocycles. The van der Waals surface area contributed by atoms with E-state index in [0.717, 1.165) is 24.2 Å². The van der Waals surface area contributed by atoms with Crippen LogP contribution >= 0.6 is 0 Å². The molecule has 0 spiro atoms. The summed E-state index contributed by atoms with van der Waals surface area (Å²) in [6.45, 7) is 2.39. The van der Waals surface area contributed by atoms with Crippen molar-refractivity contribution in [1.29, 1.82) is 0 Å². The molecule has 0 amide bonds. The van der Waals surface area contributed by atoms with E-state index in [1.807, 2.05) is 18.2 Å². The minimum absolute atomic E-state index is 0.00584. The highest BCUT2D eigenvalue weighted by Crippen LogP contribution is 2.46. The highest BCUT2D eigenvalue weighted by Gasteiger charge is 2.32. The van der Waals surface area contributed by atoms with Crippen LogP contribution in [0, 0.1) is 0 Å². The molecule has 1 aliphatic rings. The Morgan fingerprint density at radius 3 is 2.57 bits per heavy atom. The lowest BCUT2D eigenvalue weighted by atomic mass is 9.91. The lowest BCUT2D eigenvalue weighted by Gasteiger charge is -2.15. The fraction of sp³-hybridized carbons (Fsp3) is 0.333. The molecule has 0 saturated carbocycles. The van der Waals surface area contributed by atoms with E-state index < -0.39 is 0 Å². The van der Waals surface area contributed by atoms with Crippen LogP contribution in [0.1, 0.15) is 42.1 Å². The lowest BCUT2D eigenvalue weighted by Crippen LogP contribution is -2.06. The molecule has 2 aromatic carbocycles. The number of phenolic OH excluding ortho intramolecular Hbond substituents is 1. The molecular formula is C18H20O3. The van der Waals surface area contributed by atoms with E-state index >= 15 is 0 Å². The van der Waals surface area contributed by atoms with Gasteiger partial charge in [0.25, 0.3) is 0 Å². The van der Waals surface area contributed by atoms with Crippen LogP contribution in [0.5, 0.6) is 11.5 Å². The van der Waals surface area contributed by atoms with Crippen LogP contribution in [0.4, 0.5) is 0 Å². The Morgan fingerprint density at radius 1 is 1.10 bits per heavy atom. The molecular weight excluding hydrogens is 264 g/mol. The van der Waals surface area contributed by atoms with Crippen LogP contribution in [0.2, 0.25) is 0 Å². The van der Waals surface area contributed by atoms with E-state index in [9.17, 15) is 5.11 Å². The fourth-order valence-corrected chi connectivity index (χ4v) is 2.92. The average molecular weight is 284 g/mol. The second-order valence-corrected chi connectivity index (χ2v) is 5.62. The van der Waals surface area contributed by atoms with Gasteiger partial charge in [0.05, 0.1) is 0 Å². The number of aromatic hydroxyl groups is 1. The molecule has 3 heteroatoms. The van der Waals surface area contributed by atoms with Gasteiger partial charge in [-0.25, -0.2) is 0 Å². The molecule has 2 N–H and O–H groups in total. The van der Waals surface area contributed by atoms with Gasteiger partial charge in [-0.2, -0.15) is 0 Å².